The van der Waals surface area contributed by atoms with Crippen LogP contribution in [0.3, 0.4) is 0 Å². The maximum absolute atomic E-state index is 5.51. The van der Waals surface area contributed by atoms with Gasteiger partial charge in [-0.3, -0.25) is 0 Å². The Labute approximate surface area is 161 Å². The molecule has 0 fully saturated rings. The monoisotopic (exact) mass is 373 g/mol. The molecule has 0 unspecified atom stereocenters. The summed E-state index contributed by atoms with van der Waals surface area (Å²) in [6, 6.07) is 3.88. The van der Waals surface area contributed by atoms with Crippen molar-refractivity contribution in [3.05, 3.63) is 40.9 Å². The second kappa shape index (κ2) is 11.2. The van der Waals surface area contributed by atoms with Crippen LogP contribution in [0.25, 0.3) is 0 Å². The summed E-state index contributed by atoms with van der Waals surface area (Å²) in [4.78, 5) is 8.97. The lowest BCUT2D eigenvalue weighted by Gasteiger charge is -2.12. The molecule has 2 heterocycles. The number of hydrogen-bond acceptors (Lipinski definition) is 5. The molecule has 148 valence electrons. The Hall–Kier alpha value is -2.57. The van der Waals surface area contributed by atoms with Crippen molar-refractivity contribution in [1.82, 2.24) is 20.8 Å². The highest BCUT2D eigenvalue weighted by atomic mass is 16.5. The number of aromatic nitrogens is 2. The first kappa shape index (κ1) is 20.7. The van der Waals surface area contributed by atoms with Gasteiger partial charge in [0.1, 0.15) is 5.76 Å². The van der Waals surface area contributed by atoms with E-state index in [2.05, 4.69) is 46.5 Å². The fourth-order valence-corrected chi connectivity index (χ4v) is 2.62. The highest BCUT2D eigenvalue weighted by molar-refractivity contribution is 5.79. The van der Waals surface area contributed by atoms with Crippen molar-refractivity contribution >= 4 is 5.96 Å². The van der Waals surface area contributed by atoms with Crippen LogP contribution in [0, 0.1) is 0 Å². The number of aryl methyl sites for hydroxylation is 2. The van der Waals surface area contributed by atoms with E-state index in [1.807, 2.05) is 25.3 Å². The summed E-state index contributed by atoms with van der Waals surface area (Å²) in [5, 5.41) is 10.8. The zero-order valence-corrected chi connectivity index (χ0v) is 16.8. The molecule has 0 aliphatic heterocycles. The minimum absolute atomic E-state index is 0.543. The minimum atomic E-state index is 0.543. The smallest absolute Gasteiger partial charge is 0.213 e. The molecule has 2 aromatic rings. The van der Waals surface area contributed by atoms with Crippen LogP contribution in [0.2, 0.25) is 0 Å². The summed E-state index contributed by atoms with van der Waals surface area (Å²) in [6.45, 7) is 10.9. The second-order valence-electron chi connectivity index (χ2n) is 6.14. The molecule has 7 heteroatoms. The van der Waals surface area contributed by atoms with Crippen LogP contribution >= 0.6 is 0 Å². The average molecular weight is 374 g/mol. The summed E-state index contributed by atoms with van der Waals surface area (Å²) in [5.74, 6) is 2.34. The zero-order valence-electron chi connectivity index (χ0n) is 16.8. The maximum atomic E-state index is 5.51. The van der Waals surface area contributed by atoms with Crippen LogP contribution in [0.1, 0.15) is 56.7 Å². The first-order chi connectivity index (χ1) is 13.2. The molecule has 2 rings (SSSR count). The van der Waals surface area contributed by atoms with Crippen LogP contribution < -0.4 is 15.4 Å². The molecule has 0 radical (unpaired) electrons. The van der Waals surface area contributed by atoms with Crippen LogP contribution in [0.4, 0.5) is 0 Å². The zero-order chi connectivity index (χ0) is 19.5. The van der Waals surface area contributed by atoms with Gasteiger partial charge in [0.2, 0.25) is 5.88 Å². The Morgan fingerprint density at radius 1 is 1.15 bits per heavy atom. The summed E-state index contributed by atoms with van der Waals surface area (Å²) >= 11 is 0. The Bertz CT molecular complexity index is 688. The largest absolute Gasteiger partial charge is 0.478 e. The van der Waals surface area contributed by atoms with Crippen LogP contribution in [0.15, 0.2) is 27.8 Å². The predicted molar refractivity (Wildman–Crippen MR) is 107 cm³/mol. The molecule has 2 N–H and O–H groups in total. The molecule has 2 aromatic heterocycles. The molecule has 7 nitrogen and oxygen atoms in total. The first-order valence-electron chi connectivity index (χ1n) is 9.77. The molecule has 0 saturated carbocycles. The van der Waals surface area contributed by atoms with E-state index in [9.17, 15) is 0 Å². The minimum Gasteiger partial charge on any atom is -0.478 e. The standard InChI is InChI=1S/C20H31N5O2/c1-5-11-26-19-10-9-15(12-22-19)13-23-20(21-8-4)24-14-16-17(6-2)25-27-18(16)7-3/h9-10,12H,5-8,11,13-14H2,1-4H3,(H2,21,23,24). The molecule has 27 heavy (non-hydrogen) atoms. The van der Waals surface area contributed by atoms with Crippen LogP contribution in [-0.2, 0) is 25.9 Å². The Kier molecular flexibility index (Phi) is 8.61. The van der Waals surface area contributed by atoms with Gasteiger partial charge in [-0.05, 0) is 25.3 Å². The Morgan fingerprint density at radius 3 is 2.63 bits per heavy atom. The fourth-order valence-electron chi connectivity index (χ4n) is 2.62. The van der Waals surface area contributed by atoms with Crippen molar-refractivity contribution in [2.75, 3.05) is 13.2 Å². The van der Waals surface area contributed by atoms with E-state index in [0.29, 0.717) is 25.6 Å². The first-order valence-corrected chi connectivity index (χ1v) is 9.77. The van der Waals surface area contributed by atoms with Gasteiger partial charge in [0.05, 0.1) is 18.8 Å². The molecule has 0 bridgehead atoms. The van der Waals surface area contributed by atoms with E-state index in [1.165, 1.54) is 0 Å². The van der Waals surface area contributed by atoms with Crippen molar-refractivity contribution in [1.29, 1.82) is 0 Å². The number of rotatable bonds is 10. The molecular weight excluding hydrogens is 342 g/mol. The van der Waals surface area contributed by atoms with E-state index in [1.54, 1.807) is 0 Å². The van der Waals surface area contributed by atoms with Gasteiger partial charge in [-0.25, -0.2) is 9.98 Å². The van der Waals surface area contributed by atoms with E-state index in [0.717, 1.165) is 54.3 Å². The van der Waals surface area contributed by atoms with Gasteiger partial charge in [-0.1, -0.05) is 32.0 Å². The van der Waals surface area contributed by atoms with Crippen molar-refractivity contribution in [3.8, 4) is 5.88 Å². The molecule has 0 saturated heterocycles. The van der Waals surface area contributed by atoms with Crippen LogP contribution in [-0.4, -0.2) is 29.3 Å². The molecule has 0 aromatic carbocycles. The molecular formula is C20H31N5O2. The number of guanidine groups is 1. The third kappa shape index (κ3) is 6.27. The Balaban J connectivity index is 1.99. The highest BCUT2D eigenvalue weighted by Gasteiger charge is 2.13. The number of hydrogen-bond donors (Lipinski definition) is 2. The van der Waals surface area contributed by atoms with Crippen molar-refractivity contribution in [2.45, 2.75) is 60.0 Å². The summed E-state index contributed by atoms with van der Waals surface area (Å²) in [5.41, 5.74) is 3.16. The molecule has 0 amide bonds. The fraction of sp³-hybridized carbons (Fsp3) is 0.550. The quantitative estimate of drug-likeness (QED) is 0.491. The van der Waals surface area contributed by atoms with Gasteiger partial charge in [0, 0.05) is 37.3 Å². The maximum Gasteiger partial charge on any atom is 0.213 e. The van der Waals surface area contributed by atoms with Gasteiger partial charge in [0.25, 0.3) is 0 Å². The molecule has 0 aliphatic carbocycles. The van der Waals surface area contributed by atoms with Crippen molar-refractivity contribution in [3.63, 3.8) is 0 Å². The van der Waals surface area contributed by atoms with Gasteiger partial charge >= 0.3 is 0 Å². The highest BCUT2D eigenvalue weighted by Crippen LogP contribution is 2.15. The number of aliphatic imine (C=N–C) groups is 1. The van der Waals surface area contributed by atoms with Crippen molar-refractivity contribution in [2.24, 2.45) is 4.99 Å². The normalized spacial score (nSPS) is 11.5. The topological polar surface area (TPSA) is 84.6 Å². The molecule has 0 aliphatic rings. The number of ether oxygens (including phenoxy) is 1. The lowest BCUT2D eigenvalue weighted by Crippen LogP contribution is -2.37. The van der Waals surface area contributed by atoms with Crippen LogP contribution in [0.5, 0.6) is 5.88 Å². The van der Waals surface area contributed by atoms with Gasteiger partial charge in [-0.2, -0.15) is 0 Å². The van der Waals surface area contributed by atoms with Gasteiger partial charge in [-0.15, -0.1) is 0 Å². The Morgan fingerprint density at radius 2 is 2.00 bits per heavy atom. The van der Waals surface area contributed by atoms with Gasteiger partial charge < -0.3 is 19.9 Å². The second-order valence-corrected chi connectivity index (χ2v) is 6.14. The third-order valence-electron chi connectivity index (χ3n) is 4.06. The SMILES string of the molecule is CCCOc1ccc(CN=C(NCC)NCc2c(CC)noc2CC)cn1. The lowest BCUT2D eigenvalue weighted by atomic mass is 10.1. The van der Waals surface area contributed by atoms with Crippen molar-refractivity contribution < 1.29 is 9.26 Å². The van der Waals surface area contributed by atoms with Gasteiger partial charge in [0.15, 0.2) is 5.96 Å². The summed E-state index contributed by atoms with van der Waals surface area (Å²) in [7, 11) is 0. The molecule has 0 atom stereocenters. The number of nitrogens with zero attached hydrogens (tertiary/aromatic N) is 3. The van der Waals surface area contributed by atoms with E-state index in [-0.39, 0.29) is 0 Å². The average Bonchev–Trinajstić information content (AvgIpc) is 3.11. The number of nitrogens with one attached hydrogen (secondary N) is 2. The van der Waals surface area contributed by atoms with E-state index < -0.39 is 0 Å². The number of pyridine rings is 1. The predicted octanol–water partition coefficient (Wildman–Crippen LogP) is 3.24. The van der Waals surface area contributed by atoms with E-state index >= 15 is 0 Å². The summed E-state index contributed by atoms with van der Waals surface area (Å²) < 4.78 is 10.9. The molecule has 0 spiro atoms. The lowest BCUT2D eigenvalue weighted by molar-refractivity contribution is 0.305. The third-order valence-corrected chi connectivity index (χ3v) is 4.06. The van der Waals surface area contributed by atoms with E-state index in [4.69, 9.17) is 9.26 Å². The summed E-state index contributed by atoms with van der Waals surface area (Å²) in [6.07, 6.45) is 4.46.